The van der Waals surface area contributed by atoms with E-state index in [1.165, 1.54) is 0 Å². The summed E-state index contributed by atoms with van der Waals surface area (Å²) in [6.07, 6.45) is 0.780. The minimum atomic E-state index is -0.217. The van der Waals surface area contributed by atoms with E-state index >= 15 is 0 Å². The van der Waals surface area contributed by atoms with Gasteiger partial charge < -0.3 is 20.1 Å². The van der Waals surface area contributed by atoms with E-state index in [0.717, 1.165) is 17.5 Å². The van der Waals surface area contributed by atoms with Gasteiger partial charge in [-0.15, -0.1) is 0 Å². The molecule has 1 unspecified atom stereocenters. The van der Waals surface area contributed by atoms with E-state index in [4.69, 9.17) is 21.1 Å². The Morgan fingerprint density at radius 2 is 1.89 bits per heavy atom. The number of urea groups is 1. The van der Waals surface area contributed by atoms with Gasteiger partial charge in [0.1, 0.15) is 0 Å². The second kappa shape index (κ2) is 10.1. The molecule has 0 saturated carbocycles. The van der Waals surface area contributed by atoms with Gasteiger partial charge in [-0.3, -0.25) is 0 Å². The van der Waals surface area contributed by atoms with Crippen molar-refractivity contribution in [3.8, 4) is 11.5 Å². The average Bonchev–Trinajstić information content (AvgIpc) is 2.61. The summed E-state index contributed by atoms with van der Waals surface area (Å²) in [5.41, 5.74) is 2.02. The first-order valence-corrected chi connectivity index (χ1v) is 9.40. The predicted molar refractivity (Wildman–Crippen MR) is 109 cm³/mol. The highest BCUT2D eigenvalue weighted by molar-refractivity contribution is 6.30. The molecule has 0 saturated heterocycles. The van der Waals surface area contributed by atoms with Crippen LogP contribution in [0, 0.1) is 0 Å². The van der Waals surface area contributed by atoms with Crippen LogP contribution in [0.1, 0.15) is 37.9 Å². The summed E-state index contributed by atoms with van der Waals surface area (Å²) < 4.78 is 11.1. The first-order valence-electron chi connectivity index (χ1n) is 9.02. The zero-order chi connectivity index (χ0) is 19.8. The van der Waals surface area contributed by atoms with Crippen molar-refractivity contribution in [2.45, 2.75) is 39.3 Å². The highest BCUT2D eigenvalue weighted by atomic mass is 35.5. The van der Waals surface area contributed by atoms with Gasteiger partial charge in [0.2, 0.25) is 0 Å². The molecule has 0 bridgehead atoms. The molecule has 2 amide bonds. The Bertz CT molecular complexity index is 765. The molecule has 6 heteroatoms. The number of halogens is 1. The van der Waals surface area contributed by atoms with Crippen LogP contribution in [0.25, 0.3) is 0 Å². The fourth-order valence-electron chi connectivity index (χ4n) is 2.65. The topological polar surface area (TPSA) is 59.6 Å². The first-order chi connectivity index (χ1) is 12.9. The van der Waals surface area contributed by atoms with E-state index in [1.54, 1.807) is 7.11 Å². The highest BCUT2D eigenvalue weighted by Crippen LogP contribution is 2.31. The quantitative estimate of drug-likeness (QED) is 0.684. The summed E-state index contributed by atoms with van der Waals surface area (Å²) in [5, 5.41) is 6.50. The van der Waals surface area contributed by atoms with Gasteiger partial charge in [-0.2, -0.15) is 0 Å². The molecule has 2 aromatic rings. The maximum absolute atomic E-state index is 12.1. The lowest BCUT2D eigenvalue weighted by Gasteiger charge is -2.18. The summed E-state index contributed by atoms with van der Waals surface area (Å²) in [4.78, 5) is 12.1. The number of carbonyl (C=O) groups is 1. The van der Waals surface area contributed by atoms with Crippen molar-refractivity contribution in [2.24, 2.45) is 0 Å². The van der Waals surface area contributed by atoms with Crippen molar-refractivity contribution in [3.05, 3.63) is 58.6 Å². The van der Waals surface area contributed by atoms with Gasteiger partial charge in [0, 0.05) is 11.6 Å². The van der Waals surface area contributed by atoms with E-state index in [-0.39, 0.29) is 18.2 Å². The normalized spacial score (nSPS) is 11.8. The van der Waals surface area contributed by atoms with Crippen LogP contribution in [-0.4, -0.2) is 25.8 Å². The molecule has 0 fully saturated rings. The lowest BCUT2D eigenvalue weighted by atomic mass is 10.1. The fraction of sp³-hybridized carbons (Fsp3) is 0.381. The average molecular weight is 391 g/mol. The van der Waals surface area contributed by atoms with Crippen molar-refractivity contribution in [1.29, 1.82) is 0 Å². The van der Waals surface area contributed by atoms with Crippen molar-refractivity contribution < 1.29 is 14.3 Å². The lowest BCUT2D eigenvalue weighted by Crippen LogP contribution is -2.38. The van der Waals surface area contributed by atoms with Crippen molar-refractivity contribution >= 4 is 17.6 Å². The Hall–Kier alpha value is -2.40. The minimum absolute atomic E-state index is 0.0607. The number of carbonyl (C=O) groups excluding carboxylic acids is 1. The minimum Gasteiger partial charge on any atom is -0.493 e. The van der Waals surface area contributed by atoms with Crippen molar-refractivity contribution in [3.63, 3.8) is 0 Å². The van der Waals surface area contributed by atoms with Crippen LogP contribution in [0.15, 0.2) is 42.5 Å². The molecule has 0 aromatic heterocycles. The Balaban J connectivity index is 1.88. The Labute approximate surface area is 166 Å². The van der Waals surface area contributed by atoms with Crippen molar-refractivity contribution in [2.75, 3.05) is 13.7 Å². The molecule has 2 rings (SSSR count). The molecule has 1 atom stereocenters. The van der Waals surface area contributed by atoms with Gasteiger partial charge in [-0.1, -0.05) is 29.8 Å². The van der Waals surface area contributed by atoms with E-state index in [0.29, 0.717) is 23.1 Å². The van der Waals surface area contributed by atoms with Gasteiger partial charge in [0.15, 0.2) is 11.5 Å². The molecule has 0 aliphatic rings. The van der Waals surface area contributed by atoms with Crippen LogP contribution in [0.5, 0.6) is 11.5 Å². The Morgan fingerprint density at radius 3 is 2.56 bits per heavy atom. The molecule has 27 heavy (non-hydrogen) atoms. The Morgan fingerprint density at radius 1 is 1.11 bits per heavy atom. The van der Waals surface area contributed by atoms with Gasteiger partial charge in [-0.05, 0) is 62.6 Å². The molecule has 0 aliphatic carbocycles. The molecule has 5 nitrogen and oxygen atoms in total. The van der Waals surface area contributed by atoms with Crippen LogP contribution in [-0.2, 0) is 6.42 Å². The molecule has 2 aromatic carbocycles. The molecule has 0 aliphatic heterocycles. The van der Waals surface area contributed by atoms with Gasteiger partial charge in [-0.25, -0.2) is 4.79 Å². The zero-order valence-electron chi connectivity index (χ0n) is 16.2. The molecular formula is C21H27ClN2O3. The number of nitrogens with one attached hydrogen (secondary N) is 2. The number of rotatable bonds is 8. The number of benzene rings is 2. The highest BCUT2D eigenvalue weighted by Gasteiger charge is 2.13. The summed E-state index contributed by atoms with van der Waals surface area (Å²) in [6.45, 7) is 6.38. The molecule has 0 spiro atoms. The van der Waals surface area contributed by atoms with Gasteiger partial charge in [0.05, 0.1) is 19.3 Å². The third-order valence-corrected chi connectivity index (χ3v) is 4.22. The second-order valence-corrected chi connectivity index (χ2v) is 7.02. The molecular weight excluding hydrogens is 364 g/mol. The second-order valence-electron chi connectivity index (χ2n) is 6.58. The SMILES string of the molecule is COc1cc(C(C)NC(=O)NCCc2cccc(Cl)c2)ccc1OC(C)C. The number of methoxy groups -OCH3 is 1. The molecule has 0 heterocycles. The molecule has 0 radical (unpaired) electrons. The van der Waals surface area contributed by atoms with E-state index < -0.39 is 0 Å². The third-order valence-electron chi connectivity index (χ3n) is 3.99. The maximum atomic E-state index is 12.1. The van der Waals surface area contributed by atoms with Gasteiger partial charge >= 0.3 is 6.03 Å². The summed E-state index contributed by atoms with van der Waals surface area (Å²) in [6, 6.07) is 12.9. The summed E-state index contributed by atoms with van der Waals surface area (Å²) >= 11 is 5.97. The summed E-state index contributed by atoms with van der Waals surface area (Å²) in [5.74, 6) is 1.34. The number of ether oxygens (including phenoxy) is 2. The van der Waals surface area contributed by atoms with Crippen molar-refractivity contribution in [1.82, 2.24) is 10.6 Å². The monoisotopic (exact) mass is 390 g/mol. The van der Waals surface area contributed by atoms with Crippen LogP contribution >= 0.6 is 11.6 Å². The van der Waals surface area contributed by atoms with E-state index in [1.807, 2.05) is 63.2 Å². The largest absolute Gasteiger partial charge is 0.493 e. The summed E-state index contributed by atoms with van der Waals surface area (Å²) in [7, 11) is 1.60. The van der Waals surface area contributed by atoms with Crippen LogP contribution < -0.4 is 20.1 Å². The lowest BCUT2D eigenvalue weighted by molar-refractivity contribution is 0.230. The van der Waals surface area contributed by atoms with Crippen LogP contribution in [0.4, 0.5) is 4.79 Å². The maximum Gasteiger partial charge on any atom is 0.315 e. The first kappa shape index (κ1) is 20.9. The van der Waals surface area contributed by atoms with E-state index in [2.05, 4.69) is 10.6 Å². The molecule has 146 valence electrons. The van der Waals surface area contributed by atoms with Crippen LogP contribution in [0.3, 0.4) is 0 Å². The number of hydrogen-bond acceptors (Lipinski definition) is 3. The molecule has 2 N–H and O–H groups in total. The number of amides is 2. The Kier molecular flexibility index (Phi) is 7.80. The smallest absolute Gasteiger partial charge is 0.315 e. The van der Waals surface area contributed by atoms with Crippen LogP contribution in [0.2, 0.25) is 5.02 Å². The number of hydrogen-bond donors (Lipinski definition) is 2. The standard InChI is InChI=1S/C21H27ClN2O3/c1-14(2)27-19-9-8-17(13-20(19)26-4)15(3)24-21(25)23-11-10-16-6-5-7-18(22)12-16/h5-9,12-15H,10-11H2,1-4H3,(H2,23,24,25). The van der Waals surface area contributed by atoms with Gasteiger partial charge in [0.25, 0.3) is 0 Å². The third kappa shape index (κ3) is 6.68. The fourth-order valence-corrected chi connectivity index (χ4v) is 2.86. The zero-order valence-corrected chi connectivity index (χ0v) is 17.0. The van der Waals surface area contributed by atoms with E-state index in [9.17, 15) is 4.79 Å². The predicted octanol–water partition coefficient (Wildman–Crippen LogP) is 4.74.